The molecule has 0 unspecified atom stereocenters. The molecule has 1 amide bonds. The Morgan fingerprint density at radius 3 is 2.67 bits per heavy atom. The molecule has 0 aliphatic heterocycles. The molecule has 166 valence electrons. The van der Waals surface area contributed by atoms with Crippen LogP contribution < -0.4 is 21.0 Å². The van der Waals surface area contributed by atoms with Gasteiger partial charge in [-0.3, -0.25) is 10.1 Å². The highest BCUT2D eigenvalue weighted by Gasteiger charge is 2.15. The van der Waals surface area contributed by atoms with Crippen molar-refractivity contribution in [1.29, 1.82) is 0 Å². The first-order valence-electron chi connectivity index (χ1n) is 9.64. The van der Waals surface area contributed by atoms with Crippen LogP contribution >= 0.6 is 39.7 Å². The van der Waals surface area contributed by atoms with Gasteiger partial charge in [-0.1, -0.05) is 51.8 Å². The van der Waals surface area contributed by atoms with Gasteiger partial charge in [0.15, 0.2) is 5.11 Å². The molecule has 0 bridgehead atoms. The number of thiocarbonyl (C=S) groups is 1. The lowest BCUT2D eigenvalue weighted by Gasteiger charge is -2.14. The van der Waals surface area contributed by atoms with Crippen LogP contribution in [0.25, 0.3) is 22.1 Å². The smallest absolute Gasteiger partial charge is 0.344 e. The van der Waals surface area contributed by atoms with Crippen molar-refractivity contribution in [3.63, 3.8) is 0 Å². The summed E-state index contributed by atoms with van der Waals surface area (Å²) in [7, 11) is 1.51. The van der Waals surface area contributed by atoms with Crippen molar-refractivity contribution < 1.29 is 13.9 Å². The van der Waals surface area contributed by atoms with Gasteiger partial charge < -0.3 is 14.5 Å². The van der Waals surface area contributed by atoms with E-state index in [1.54, 1.807) is 54.6 Å². The lowest BCUT2D eigenvalue weighted by Crippen LogP contribution is -2.34. The Hall–Kier alpha value is -3.20. The Balaban J connectivity index is 1.62. The second-order valence-corrected chi connectivity index (χ2v) is 8.66. The van der Waals surface area contributed by atoms with Crippen molar-refractivity contribution >= 4 is 67.4 Å². The predicted octanol–water partition coefficient (Wildman–Crippen LogP) is 6.01. The second-order valence-electron chi connectivity index (χ2n) is 6.93. The van der Waals surface area contributed by atoms with E-state index in [4.69, 9.17) is 33.0 Å². The number of methoxy groups -OCH3 is 1. The average Bonchev–Trinajstić information content (AvgIpc) is 2.80. The van der Waals surface area contributed by atoms with Crippen LogP contribution in [0.3, 0.4) is 0 Å². The van der Waals surface area contributed by atoms with Gasteiger partial charge in [0, 0.05) is 9.86 Å². The first kappa shape index (κ1) is 23.0. The summed E-state index contributed by atoms with van der Waals surface area (Å²) < 4.78 is 11.5. The van der Waals surface area contributed by atoms with Gasteiger partial charge in [-0.2, -0.15) is 0 Å². The fraction of sp³-hybridized carbons (Fsp3) is 0.0417. The Morgan fingerprint density at radius 1 is 1.09 bits per heavy atom. The molecule has 0 saturated heterocycles. The minimum Gasteiger partial charge on any atom is -0.495 e. The molecule has 0 saturated carbocycles. The number of benzene rings is 3. The van der Waals surface area contributed by atoms with Crippen LogP contribution in [0.5, 0.6) is 5.75 Å². The Kier molecular flexibility index (Phi) is 6.78. The van der Waals surface area contributed by atoms with Crippen LogP contribution in [0.1, 0.15) is 10.4 Å². The molecular formula is C24H16BrClN2O4S. The number of fused-ring (bicyclic) bond motifs is 1. The number of para-hydroxylation sites is 1. The predicted molar refractivity (Wildman–Crippen MR) is 137 cm³/mol. The van der Waals surface area contributed by atoms with Crippen molar-refractivity contribution in [3.8, 4) is 16.9 Å². The van der Waals surface area contributed by atoms with E-state index in [2.05, 4.69) is 26.6 Å². The summed E-state index contributed by atoms with van der Waals surface area (Å²) >= 11 is 14.8. The van der Waals surface area contributed by atoms with E-state index in [9.17, 15) is 9.59 Å². The normalized spacial score (nSPS) is 10.6. The van der Waals surface area contributed by atoms with Gasteiger partial charge in [-0.25, -0.2) is 4.79 Å². The molecule has 1 heterocycles. The highest BCUT2D eigenvalue weighted by Crippen LogP contribution is 2.30. The summed E-state index contributed by atoms with van der Waals surface area (Å²) in [6, 6.07) is 19.1. The summed E-state index contributed by atoms with van der Waals surface area (Å²) in [6.07, 6.45) is 0. The van der Waals surface area contributed by atoms with Crippen LogP contribution in [0, 0.1) is 0 Å². The number of amides is 1. The molecule has 9 heteroatoms. The number of anilines is 1. The van der Waals surface area contributed by atoms with E-state index < -0.39 is 11.5 Å². The van der Waals surface area contributed by atoms with Crippen LogP contribution in [-0.4, -0.2) is 18.1 Å². The van der Waals surface area contributed by atoms with Gasteiger partial charge in [-0.05, 0) is 60.2 Å². The second kappa shape index (κ2) is 9.74. The van der Waals surface area contributed by atoms with E-state index in [-0.39, 0.29) is 10.7 Å². The van der Waals surface area contributed by atoms with E-state index in [0.29, 0.717) is 37.6 Å². The molecule has 4 rings (SSSR count). The van der Waals surface area contributed by atoms with Gasteiger partial charge in [0.2, 0.25) is 0 Å². The number of nitrogens with one attached hydrogen (secondary N) is 2. The lowest BCUT2D eigenvalue weighted by molar-refractivity contribution is 0.0978. The quantitative estimate of drug-likeness (QED) is 0.242. The van der Waals surface area contributed by atoms with E-state index in [1.807, 2.05) is 12.1 Å². The fourth-order valence-electron chi connectivity index (χ4n) is 3.23. The SMILES string of the molecule is COc1ccc(-c2cc3ccccc3oc2=O)cc1NC(=S)NC(=O)c1cc(Br)ccc1Cl. The van der Waals surface area contributed by atoms with Crippen molar-refractivity contribution in [2.24, 2.45) is 0 Å². The van der Waals surface area contributed by atoms with Crippen molar-refractivity contribution in [1.82, 2.24) is 5.32 Å². The molecule has 3 aromatic carbocycles. The third-order valence-electron chi connectivity index (χ3n) is 4.80. The lowest BCUT2D eigenvalue weighted by atomic mass is 10.0. The van der Waals surface area contributed by atoms with Crippen LogP contribution in [0.4, 0.5) is 5.69 Å². The maximum Gasteiger partial charge on any atom is 0.344 e. The zero-order chi connectivity index (χ0) is 23.5. The van der Waals surface area contributed by atoms with Crippen LogP contribution in [-0.2, 0) is 0 Å². The van der Waals surface area contributed by atoms with Gasteiger partial charge in [0.25, 0.3) is 5.91 Å². The molecule has 0 aliphatic carbocycles. The van der Waals surface area contributed by atoms with Gasteiger partial charge in [0.05, 0.1) is 28.9 Å². The minimum absolute atomic E-state index is 0.0389. The third kappa shape index (κ3) is 5.08. The Labute approximate surface area is 207 Å². The number of hydrogen-bond acceptors (Lipinski definition) is 5. The largest absolute Gasteiger partial charge is 0.495 e. The zero-order valence-electron chi connectivity index (χ0n) is 17.1. The molecule has 0 aliphatic rings. The van der Waals surface area contributed by atoms with Crippen molar-refractivity contribution in [2.45, 2.75) is 0 Å². The van der Waals surface area contributed by atoms with Crippen LogP contribution in [0.2, 0.25) is 5.02 Å². The molecule has 0 radical (unpaired) electrons. The molecular weight excluding hydrogens is 528 g/mol. The minimum atomic E-state index is -0.468. The molecule has 4 aromatic rings. The molecule has 33 heavy (non-hydrogen) atoms. The first-order valence-corrected chi connectivity index (χ1v) is 11.2. The number of rotatable bonds is 4. The first-order chi connectivity index (χ1) is 15.9. The monoisotopic (exact) mass is 542 g/mol. The average molecular weight is 544 g/mol. The number of carbonyl (C=O) groups excluding carboxylic acids is 1. The number of ether oxygens (including phenoxy) is 1. The van der Waals surface area contributed by atoms with Crippen molar-refractivity contribution in [3.05, 3.63) is 92.2 Å². The van der Waals surface area contributed by atoms with E-state index in [0.717, 1.165) is 5.39 Å². The molecule has 0 spiro atoms. The maximum atomic E-state index is 12.6. The van der Waals surface area contributed by atoms with Crippen LogP contribution in [0.15, 0.2) is 80.4 Å². The molecule has 6 nitrogen and oxygen atoms in total. The van der Waals surface area contributed by atoms with E-state index >= 15 is 0 Å². The topological polar surface area (TPSA) is 80.6 Å². The summed E-state index contributed by atoms with van der Waals surface area (Å²) in [5.41, 5.74) is 1.76. The summed E-state index contributed by atoms with van der Waals surface area (Å²) in [4.78, 5) is 25.2. The summed E-state index contributed by atoms with van der Waals surface area (Å²) in [5.74, 6) is 0.00473. The molecule has 0 atom stereocenters. The zero-order valence-corrected chi connectivity index (χ0v) is 20.3. The molecule has 0 fully saturated rings. The van der Waals surface area contributed by atoms with Gasteiger partial charge in [0.1, 0.15) is 11.3 Å². The van der Waals surface area contributed by atoms with Crippen molar-refractivity contribution in [2.75, 3.05) is 12.4 Å². The van der Waals surface area contributed by atoms with Gasteiger partial charge >= 0.3 is 5.63 Å². The summed E-state index contributed by atoms with van der Waals surface area (Å²) in [6.45, 7) is 0. The maximum absolute atomic E-state index is 12.6. The highest BCUT2D eigenvalue weighted by atomic mass is 79.9. The molecule has 1 aromatic heterocycles. The number of halogens is 2. The highest BCUT2D eigenvalue weighted by molar-refractivity contribution is 9.10. The number of carbonyl (C=O) groups is 1. The molecule has 2 N–H and O–H groups in total. The Bertz CT molecular complexity index is 1450. The standard InChI is InChI=1S/C24H16BrClN2O4S/c1-31-21-9-6-13(16-10-14-4-2-3-5-20(14)32-23(16)30)11-19(21)27-24(33)28-22(29)17-12-15(25)7-8-18(17)26/h2-12H,1H3,(H2,27,28,29,33). The third-order valence-corrected chi connectivity index (χ3v) is 5.83. The number of hydrogen-bond donors (Lipinski definition) is 2. The Morgan fingerprint density at radius 2 is 1.88 bits per heavy atom. The fourth-order valence-corrected chi connectivity index (χ4v) is 4.00. The summed E-state index contributed by atoms with van der Waals surface area (Å²) in [5, 5.41) is 6.68. The van der Waals surface area contributed by atoms with Gasteiger partial charge in [-0.15, -0.1) is 0 Å². The van der Waals surface area contributed by atoms with E-state index in [1.165, 1.54) is 7.11 Å².